The Morgan fingerprint density at radius 1 is 1.33 bits per heavy atom. The van der Waals surface area contributed by atoms with Gasteiger partial charge in [-0.1, -0.05) is 12.1 Å². The highest BCUT2D eigenvalue weighted by molar-refractivity contribution is 5.68. The first kappa shape index (κ1) is 9.03. The first-order valence-corrected chi connectivity index (χ1v) is 3.83. The molecule has 0 aliphatic heterocycles. The highest BCUT2D eigenvalue weighted by Crippen LogP contribution is 2.27. The summed E-state index contributed by atoms with van der Waals surface area (Å²) in [5, 5.41) is 11.5. The second-order valence-electron chi connectivity index (χ2n) is 3.36. The molecule has 66 valence electrons. The minimum atomic E-state index is -0.479. The zero-order valence-corrected chi connectivity index (χ0v) is 7.66. The molecule has 0 heterocycles. The van der Waals surface area contributed by atoms with Gasteiger partial charge in [0.25, 0.3) is 0 Å². The Balaban J connectivity index is 3.26. The second-order valence-corrected chi connectivity index (χ2v) is 3.36. The monoisotopic (exact) mass is 166 g/mol. The molecule has 0 aromatic heterocycles. The van der Waals surface area contributed by atoms with Crippen molar-refractivity contribution in [3.63, 3.8) is 0 Å². The number of nitrogens with zero attached hydrogens (tertiary/aromatic N) is 1. The van der Waals surface area contributed by atoms with E-state index in [-0.39, 0.29) is 0 Å². The Morgan fingerprint density at radius 2 is 1.92 bits per heavy atom. The van der Waals surface area contributed by atoms with Crippen LogP contribution in [0.1, 0.15) is 5.56 Å². The summed E-state index contributed by atoms with van der Waals surface area (Å²) in [5.74, 6) is 0. The number of aryl methyl sites for hydroxylation is 1. The third kappa shape index (κ3) is 1.57. The number of nitrogens with two attached hydrogens (primary N) is 1. The van der Waals surface area contributed by atoms with Crippen molar-refractivity contribution in [1.82, 2.24) is 4.65 Å². The van der Waals surface area contributed by atoms with Gasteiger partial charge in [0.2, 0.25) is 0 Å². The van der Waals surface area contributed by atoms with E-state index < -0.39 is 4.65 Å². The molecule has 12 heavy (non-hydrogen) atoms. The van der Waals surface area contributed by atoms with E-state index in [4.69, 9.17) is 5.73 Å². The minimum Gasteiger partial charge on any atom is -0.628 e. The van der Waals surface area contributed by atoms with Crippen LogP contribution in [0.5, 0.6) is 0 Å². The lowest BCUT2D eigenvalue weighted by molar-refractivity contribution is 0.544. The van der Waals surface area contributed by atoms with E-state index >= 15 is 0 Å². The number of nitrogen functional groups attached to an aromatic ring is 1. The van der Waals surface area contributed by atoms with Gasteiger partial charge in [0.05, 0.1) is 19.8 Å². The summed E-state index contributed by atoms with van der Waals surface area (Å²) in [5.41, 5.74) is 7.92. The molecule has 2 N–H and O–H groups in total. The van der Waals surface area contributed by atoms with Crippen LogP contribution in [0.15, 0.2) is 18.2 Å². The second kappa shape index (κ2) is 2.77. The van der Waals surface area contributed by atoms with Crippen molar-refractivity contribution in [2.45, 2.75) is 6.92 Å². The average molecular weight is 166 g/mol. The van der Waals surface area contributed by atoms with E-state index in [0.29, 0.717) is 11.4 Å². The maximum Gasteiger partial charge on any atom is 0.155 e. The molecule has 3 nitrogen and oxygen atoms in total. The van der Waals surface area contributed by atoms with Crippen molar-refractivity contribution in [2.75, 3.05) is 19.8 Å². The zero-order valence-electron chi connectivity index (χ0n) is 7.66. The predicted molar refractivity (Wildman–Crippen MR) is 52.6 cm³/mol. The summed E-state index contributed by atoms with van der Waals surface area (Å²) in [6, 6.07) is 5.50. The number of quaternary nitrogens is 1. The lowest BCUT2D eigenvalue weighted by Crippen LogP contribution is -2.33. The van der Waals surface area contributed by atoms with Crippen LogP contribution in [0.25, 0.3) is 0 Å². The molecule has 1 rings (SSSR count). The lowest BCUT2D eigenvalue weighted by Gasteiger charge is -2.34. The fourth-order valence-corrected chi connectivity index (χ4v) is 1.13. The highest BCUT2D eigenvalue weighted by atomic mass is 16.5. The number of rotatable bonds is 1. The Bertz CT molecular complexity index is 289. The molecule has 0 radical (unpaired) electrons. The van der Waals surface area contributed by atoms with Gasteiger partial charge in [0, 0.05) is 6.07 Å². The van der Waals surface area contributed by atoms with Crippen LogP contribution in [0, 0.1) is 12.1 Å². The molecule has 0 unspecified atom stereocenters. The molecule has 3 heteroatoms. The predicted octanol–water partition coefficient (Wildman–Crippen LogP) is 1.64. The standard InChI is InChI=1S/C9H14N2O/c1-7-5-4-6-8(9(7)10)11(2,3)12/h4-6H,10H2,1-3H3. The van der Waals surface area contributed by atoms with E-state index in [1.165, 1.54) is 0 Å². The third-order valence-corrected chi connectivity index (χ3v) is 1.88. The van der Waals surface area contributed by atoms with Crippen molar-refractivity contribution < 1.29 is 0 Å². The van der Waals surface area contributed by atoms with Crippen molar-refractivity contribution in [3.05, 3.63) is 29.0 Å². The van der Waals surface area contributed by atoms with Crippen LogP contribution in [0.2, 0.25) is 0 Å². The fourth-order valence-electron chi connectivity index (χ4n) is 1.13. The summed E-state index contributed by atoms with van der Waals surface area (Å²) in [4.78, 5) is 0. The molecular weight excluding hydrogens is 152 g/mol. The molecule has 0 atom stereocenters. The Hall–Kier alpha value is -1.06. The number of hydrogen-bond acceptors (Lipinski definition) is 2. The van der Waals surface area contributed by atoms with E-state index in [1.54, 1.807) is 20.2 Å². The molecule has 0 bridgehead atoms. The Labute approximate surface area is 72.6 Å². The maximum absolute atomic E-state index is 11.5. The van der Waals surface area contributed by atoms with Gasteiger partial charge >= 0.3 is 0 Å². The van der Waals surface area contributed by atoms with Gasteiger partial charge in [-0.3, -0.25) is 0 Å². The van der Waals surface area contributed by atoms with Crippen LogP contribution in [0.4, 0.5) is 11.4 Å². The zero-order chi connectivity index (χ0) is 9.35. The van der Waals surface area contributed by atoms with Crippen molar-refractivity contribution in [3.8, 4) is 0 Å². The van der Waals surface area contributed by atoms with Crippen molar-refractivity contribution >= 4 is 11.4 Å². The third-order valence-electron chi connectivity index (χ3n) is 1.88. The van der Waals surface area contributed by atoms with Crippen LogP contribution in [-0.2, 0) is 0 Å². The quantitative estimate of drug-likeness (QED) is 0.391. The van der Waals surface area contributed by atoms with Gasteiger partial charge in [-0.15, -0.1) is 0 Å². The molecule has 0 amide bonds. The largest absolute Gasteiger partial charge is 0.628 e. The SMILES string of the molecule is Cc1cccc([N+](C)(C)[O-])c1N. The van der Waals surface area contributed by atoms with Gasteiger partial charge in [-0.25, -0.2) is 0 Å². The topological polar surface area (TPSA) is 49.1 Å². The molecular formula is C9H14N2O. The van der Waals surface area contributed by atoms with Gasteiger partial charge in [0.15, 0.2) is 5.69 Å². The van der Waals surface area contributed by atoms with Gasteiger partial charge in [-0.05, 0) is 12.5 Å². The highest BCUT2D eigenvalue weighted by Gasteiger charge is 2.12. The van der Waals surface area contributed by atoms with E-state index in [1.807, 2.05) is 19.1 Å². The average Bonchev–Trinajstić information content (AvgIpc) is 1.92. The number of anilines is 1. The Kier molecular flexibility index (Phi) is 2.08. The number of hydroxylamine groups is 2. The molecule has 0 saturated carbocycles. The maximum atomic E-state index is 11.5. The number of para-hydroxylation sites is 1. The van der Waals surface area contributed by atoms with Gasteiger partial charge in [0.1, 0.15) is 0 Å². The molecule has 0 aliphatic rings. The van der Waals surface area contributed by atoms with Crippen molar-refractivity contribution in [2.24, 2.45) is 0 Å². The molecule has 0 saturated heterocycles. The van der Waals surface area contributed by atoms with Crippen LogP contribution in [-0.4, -0.2) is 14.1 Å². The summed E-state index contributed by atoms with van der Waals surface area (Å²) in [7, 11) is 3.12. The van der Waals surface area contributed by atoms with Gasteiger partial charge < -0.3 is 15.6 Å². The molecule has 1 aromatic carbocycles. The lowest BCUT2D eigenvalue weighted by atomic mass is 10.1. The summed E-state index contributed by atoms with van der Waals surface area (Å²) < 4.78 is -0.479. The van der Waals surface area contributed by atoms with Crippen molar-refractivity contribution in [1.29, 1.82) is 0 Å². The number of hydrogen-bond donors (Lipinski definition) is 1. The number of benzene rings is 1. The normalized spacial score (nSPS) is 11.7. The molecule has 0 spiro atoms. The Morgan fingerprint density at radius 3 is 2.33 bits per heavy atom. The first-order chi connectivity index (χ1) is 5.43. The van der Waals surface area contributed by atoms with E-state index in [0.717, 1.165) is 5.56 Å². The summed E-state index contributed by atoms with van der Waals surface area (Å²) in [6.45, 7) is 1.90. The molecule has 1 aromatic rings. The van der Waals surface area contributed by atoms with Gasteiger partial charge in [-0.2, -0.15) is 0 Å². The van der Waals surface area contributed by atoms with E-state index in [2.05, 4.69) is 0 Å². The van der Waals surface area contributed by atoms with Crippen LogP contribution in [0.3, 0.4) is 0 Å². The van der Waals surface area contributed by atoms with Crippen LogP contribution >= 0.6 is 0 Å². The summed E-state index contributed by atoms with van der Waals surface area (Å²) >= 11 is 0. The fraction of sp³-hybridized carbons (Fsp3) is 0.333. The smallest absolute Gasteiger partial charge is 0.155 e. The minimum absolute atomic E-state index is 0.479. The molecule has 0 aliphatic carbocycles. The molecule has 0 fully saturated rings. The first-order valence-electron chi connectivity index (χ1n) is 3.83. The van der Waals surface area contributed by atoms with E-state index in [9.17, 15) is 5.21 Å². The summed E-state index contributed by atoms with van der Waals surface area (Å²) in [6.07, 6.45) is 0. The van der Waals surface area contributed by atoms with Crippen LogP contribution < -0.4 is 10.4 Å².